The maximum absolute atomic E-state index is 12.4. The Kier molecular flexibility index (Phi) is 6.78. The number of amides is 1. The number of carbonyl (C=O) groups excluding carboxylic acids is 1. The lowest BCUT2D eigenvalue weighted by molar-refractivity contribution is -0.121. The van der Waals surface area contributed by atoms with Crippen LogP contribution in [0.4, 0.5) is 11.4 Å². The molecule has 0 aromatic heterocycles. The first-order valence-electron chi connectivity index (χ1n) is 7.09. The predicted octanol–water partition coefficient (Wildman–Crippen LogP) is 4.02. The Morgan fingerprint density at radius 2 is 1.95 bits per heavy atom. The van der Waals surface area contributed by atoms with Crippen molar-refractivity contribution >= 4 is 40.5 Å². The zero-order valence-electron chi connectivity index (χ0n) is 12.9. The number of nitrogens with zero attached hydrogens (tertiary/aromatic N) is 1. The number of anilines is 2. The second-order valence-electron chi connectivity index (χ2n) is 5.35. The molecule has 1 atom stereocenters. The maximum atomic E-state index is 12.4. The molecule has 1 amide bonds. The quantitative estimate of drug-likeness (QED) is 0.774. The fourth-order valence-electron chi connectivity index (χ4n) is 2.26. The molecule has 0 aliphatic rings. The van der Waals surface area contributed by atoms with Crippen molar-refractivity contribution in [2.75, 3.05) is 17.6 Å². The molecular weight excluding hydrogens is 309 g/mol. The Balaban J connectivity index is 2.90. The highest BCUT2D eigenvalue weighted by Gasteiger charge is 2.24. The van der Waals surface area contributed by atoms with E-state index in [1.807, 2.05) is 6.92 Å². The SMILES string of the molecule is CCCN(C(C)C)C(C)C(=O)Nc1c(N)cc(Cl)cc1Cl. The van der Waals surface area contributed by atoms with Crippen LogP contribution in [0, 0.1) is 0 Å². The van der Waals surface area contributed by atoms with Gasteiger partial charge >= 0.3 is 0 Å². The lowest BCUT2D eigenvalue weighted by atomic mass is 10.1. The number of nitrogens with one attached hydrogen (secondary N) is 1. The van der Waals surface area contributed by atoms with Crippen molar-refractivity contribution < 1.29 is 4.79 Å². The van der Waals surface area contributed by atoms with E-state index in [0.29, 0.717) is 21.4 Å². The molecule has 0 aliphatic carbocycles. The Morgan fingerprint density at radius 3 is 2.43 bits per heavy atom. The van der Waals surface area contributed by atoms with Crippen molar-refractivity contribution in [3.8, 4) is 0 Å². The van der Waals surface area contributed by atoms with Crippen molar-refractivity contribution in [1.82, 2.24) is 4.90 Å². The molecule has 1 aromatic rings. The second-order valence-corrected chi connectivity index (χ2v) is 6.19. The van der Waals surface area contributed by atoms with Gasteiger partial charge in [-0.15, -0.1) is 0 Å². The lowest BCUT2D eigenvalue weighted by Gasteiger charge is -2.31. The normalized spacial score (nSPS) is 12.8. The van der Waals surface area contributed by atoms with Crippen LogP contribution in [-0.2, 0) is 4.79 Å². The Hall–Kier alpha value is -0.970. The molecule has 0 aliphatic heterocycles. The van der Waals surface area contributed by atoms with E-state index in [9.17, 15) is 4.79 Å². The summed E-state index contributed by atoms with van der Waals surface area (Å²) in [4.78, 5) is 14.6. The van der Waals surface area contributed by atoms with Gasteiger partial charge in [0.2, 0.25) is 5.91 Å². The highest BCUT2D eigenvalue weighted by molar-refractivity contribution is 6.37. The fraction of sp³-hybridized carbons (Fsp3) is 0.533. The standard InChI is InChI=1S/C15H23Cl2N3O/c1-5-6-20(9(2)3)10(4)15(21)19-14-12(17)7-11(16)8-13(14)18/h7-10H,5-6,18H2,1-4H3,(H,19,21). The van der Waals surface area contributed by atoms with Gasteiger partial charge in [-0.1, -0.05) is 30.1 Å². The number of benzene rings is 1. The molecule has 3 N–H and O–H groups in total. The molecule has 1 rings (SSSR count). The van der Waals surface area contributed by atoms with Crippen LogP contribution in [0.5, 0.6) is 0 Å². The van der Waals surface area contributed by atoms with Crippen LogP contribution in [0.15, 0.2) is 12.1 Å². The minimum Gasteiger partial charge on any atom is -0.397 e. The minimum atomic E-state index is -0.268. The van der Waals surface area contributed by atoms with Crippen molar-refractivity contribution in [2.45, 2.75) is 46.2 Å². The Labute approximate surface area is 136 Å². The smallest absolute Gasteiger partial charge is 0.241 e. The minimum absolute atomic E-state index is 0.131. The number of hydrogen-bond acceptors (Lipinski definition) is 3. The summed E-state index contributed by atoms with van der Waals surface area (Å²) in [6.07, 6.45) is 0.986. The van der Waals surface area contributed by atoms with Crippen LogP contribution in [-0.4, -0.2) is 29.4 Å². The Morgan fingerprint density at radius 1 is 1.33 bits per heavy atom. The van der Waals surface area contributed by atoms with Gasteiger partial charge in [0.15, 0.2) is 0 Å². The number of halogens is 2. The lowest BCUT2D eigenvalue weighted by Crippen LogP contribution is -2.46. The number of nitrogens with two attached hydrogens (primary N) is 1. The zero-order valence-corrected chi connectivity index (χ0v) is 14.4. The van der Waals surface area contributed by atoms with Crippen molar-refractivity contribution in [3.63, 3.8) is 0 Å². The van der Waals surface area contributed by atoms with E-state index in [4.69, 9.17) is 28.9 Å². The summed E-state index contributed by atoms with van der Waals surface area (Å²) in [5.41, 5.74) is 6.64. The molecule has 4 nitrogen and oxygen atoms in total. The highest BCUT2D eigenvalue weighted by Crippen LogP contribution is 2.32. The number of hydrogen-bond donors (Lipinski definition) is 2. The van der Waals surface area contributed by atoms with Gasteiger partial charge in [-0.3, -0.25) is 9.69 Å². The van der Waals surface area contributed by atoms with Crippen LogP contribution in [0.3, 0.4) is 0 Å². The van der Waals surface area contributed by atoms with Gasteiger partial charge < -0.3 is 11.1 Å². The summed E-state index contributed by atoms with van der Waals surface area (Å²) in [7, 11) is 0. The molecule has 0 spiro atoms. The van der Waals surface area contributed by atoms with Crippen molar-refractivity contribution in [2.24, 2.45) is 0 Å². The molecule has 118 valence electrons. The van der Waals surface area contributed by atoms with Crippen LogP contribution in [0.2, 0.25) is 10.0 Å². The summed E-state index contributed by atoms with van der Waals surface area (Å²) >= 11 is 12.0. The average molecular weight is 332 g/mol. The van der Waals surface area contributed by atoms with Crippen LogP contribution >= 0.6 is 23.2 Å². The number of nitrogen functional groups attached to an aromatic ring is 1. The topological polar surface area (TPSA) is 58.4 Å². The summed E-state index contributed by atoms with van der Waals surface area (Å²) in [5.74, 6) is -0.131. The van der Waals surface area contributed by atoms with E-state index >= 15 is 0 Å². The summed E-state index contributed by atoms with van der Waals surface area (Å²) < 4.78 is 0. The largest absolute Gasteiger partial charge is 0.397 e. The zero-order chi connectivity index (χ0) is 16.2. The molecule has 0 heterocycles. The monoisotopic (exact) mass is 331 g/mol. The third kappa shape index (κ3) is 4.77. The van der Waals surface area contributed by atoms with Crippen molar-refractivity contribution in [1.29, 1.82) is 0 Å². The van der Waals surface area contributed by atoms with E-state index < -0.39 is 0 Å². The second kappa shape index (κ2) is 7.87. The van der Waals surface area contributed by atoms with Gasteiger partial charge in [-0.2, -0.15) is 0 Å². The number of rotatable bonds is 6. The molecule has 1 aromatic carbocycles. The number of carbonyl (C=O) groups is 1. The third-order valence-electron chi connectivity index (χ3n) is 3.36. The molecule has 0 fully saturated rings. The van der Waals surface area contributed by atoms with Gasteiger partial charge in [0.1, 0.15) is 0 Å². The molecule has 1 unspecified atom stereocenters. The van der Waals surface area contributed by atoms with Crippen LogP contribution in [0.25, 0.3) is 0 Å². The summed E-state index contributed by atoms with van der Waals surface area (Å²) in [6.45, 7) is 8.97. The molecule has 0 bridgehead atoms. The maximum Gasteiger partial charge on any atom is 0.241 e. The van der Waals surface area contributed by atoms with E-state index in [0.717, 1.165) is 13.0 Å². The first-order valence-corrected chi connectivity index (χ1v) is 7.84. The van der Waals surface area contributed by atoms with E-state index in [1.54, 1.807) is 12.1 Å². The first kappa shape index (κ1) is 18.1. The highest BCUT2D eigenvalue weighted by atomic mass is 35.5. The van der Waals surface area contributed by atoms with Gasteiger partial charge in [0, 0.05) is 11.1 Å². The van der Waals surface area contributed by atoms with Crippen molar-refractivity contribution in [3.05, 3.63) is 22.2 Å². The van der Waals surface area contributed by atoms with Crippen LogP contribution < -0.4 is 11.1 Å². The molecular formula is C15H23Cl2N3O. The van der Waals surface area contributed by atoms with E-state index in [2.05, 4.69) is 31.0 Å². The van der Waals surface area contributed by atoms with E-state index in [1.165, 1.54) is 0 Å². The van der Waals surface area contributed by atoms with E-state index in [-0.39, 0.29) is 18.0 Å². The molecule has 21 heavy (non-hydrogen) atoms. The van der Waals surface area contributed by atoms with Crippen LogP contribution in [0.1, 0.15) is 34.1 Å². The predicted molar refractivity (Wildman–Crippen MR) is 91.1 cm³/mol. The first-order chi connectivity index (χ1) is 9.77. The summed E-state index contributed by atoms with van der Waals surface area (Å²) in [6, 6.07) is 3.14. The fourth-order valence-corrected chi connectivity index (χ4v) is 2.82. The molecule has 0 saturated carbocycles. The molecule has 6 heteroatoms. The van der Waals surface area contributed by atoms with Gasteiger partial charge in [0.25, 0.3) is 0 Å². The average Bonchev–Trinajstić information content (AvgIpc) is 2.38. The summed E-state index contributed by atoms with van der Waals surface area (Å²) in [5, 5.41) is 3.59. The molecule has 0 saturated heterocycles. The molecule has 0 radical (unpaired) electrons. The van der Waals surface area contributed by atoms with Gasteiger partial charge in [-0.05, 0) is 45.9 Å². The third-order valence-corrected chi connectivity index (χ3v) is 3.87. The van der Waals surface area contributed by atoms with Gasteiger partial charge in [0.05, 0.1) is 22.4 Å². The Bertz CT molecular complexity index is 483. The van der Waals surface area contributed by atoms with Gasteiger partial charge in [-0.25, -0.2) is 0 Å².